The minimum atomic E-state index is -3.67. The zero-order valence-corrected chi connectivity index (χ0v) is 12.4. The lowest BCUT2D eigenvalue weighted by atomic mass is 10.2. The first kappa shape index (κ1) is 17.0. The van der Waals surface area contributed by atoms with E-state index in [1.54, 1.807) is 12.1 Å². The standard InChI is InChI=1S/C10H8FN3OS.CH4O3S/c11-6-2-1-3-7-5(6)4-8(16-7)9(15)14-10(12)13;1-5(2,3)4/h1-4H,(H4,12,13,14,15);1H3,(H,2,3,4). The third-order valence-electron chi connectivity index (χ3n) is 1.95. The van der Waals surface area contributed by atoms with Crippen LogP contribution in [0.15, 0.2) is 29.3 Å². The number of guanidine groups is 1. The number of benzene rings is 1. The van der Waals surface area contributed by atoms with E-state index in [0.717, 1.165) is 11.3 Å². The van der Waals surface area contributed by atoms with Crippen molar-refractivity contribution in [2.75, 3.05) is 6.26 Å². The van der Waals surface area contributed by atoms with Gasteiger partial charge in [-0.25, -0.2) is 4.39 Å². The fourth-order valence-corrected chi connectivity index (χ4v) is 2.26. The molecule has 2 aromatic rings. The van der Waals surface area contributed by atoms with Gasteiger partial charge in [-0.3, -0.25) is 9.35 Å². The van der Waals surface area contributed by atoms with E-state index in [1.165, 1.54) is 12.1 Å². The van der Waals surface area contributed by atoms with Gasteiger partial charge in [0.15, 0.2) is 5.96 Å². The lowest BCUT2D eigenvalue weighted by Gasteiger charge is -1.88. The molecule has 1 amide bonds. The molecule has 0 saturated heterocycles. The zero-order chi connectivity index (χ0) is 16.2. The third kappa shape index (κ3) is 5.85. The number of hydrogen-bond acceptors (Lipinski definition) is 4. The first-order valence-electron chi connectivity index (χ1n) is 5.32. The molecule has 21 heavy (non-hydrogen) atoms. The molecule has 0 atom stereocenters. The normalized spacial score (nSPS) is 10.6. The van der Waals surface area contributed by atoms with E-state index < -0.39 is 16.0 Å². The Hall–Kier alpha value is -2.04. The minimum absolute atomic E-state index is 0.303. The molecule has 0 fully saturated rings. The second-order valence-electron chi connectivity index (χ2n) is 3.84. The highest BCUT2D eigenvalue weighted by Gasteiger charge is 2.11. The number of fused-ring (bicyclic) bond motifs is 1. The summed E-state index contributed by atoms with van der Waals surface area (Å²) < 4.78 is 39.9. The molecule has 0 aliphatic heterocycles. The minimum Gasteiger partial charge on any atom is -0.370 e. The molecule has 0 radical (unpaired) electrons. The fraction of sp³-hybridized carbons (Fsp3) is 0.0909. The van der Waals surface area contributed by atoms with Crippen molar-refractivity contribution >= 4 is 43.4 Å². The molecule has 1 aromatic heterocycles. The van der Waals surface area contributed by atoms with Crippen LogP contribution in [0.1, 0.15) is 9.67 Å². The van der Waals surface area contributed by atoms with Gasteiger partial charge in [-0.05, 0) is 18.2 Å². The van der Waals surface area contributed by atoms with Crippen LogP contribution < -0.4 is 11.5 Å². The second-order valence-corrected chi connectivity index (χ2v) is 6.39. The highest BCUT2D eigenvalue weighted by Crippen LogP contribution is 2.27. The lowest BCUT2D eigenvalue weighted by molar-refractivity contribution is 0.101. The van der Waals surface area contributed by atoms with Crippen LogP contribution in [-0.2, 0) is 10.1 Å². The van der Waals surface area contributed by atoms with Crippen LogP contribution in [-0.4, -0.2) is 31.1 Å². The van der Waals surface area contributed by atoms with Crippen LogP contribution in [0.3, 0.4) is 0 Å². The van der Waals surface area contributed by atoms with E-state index in [-0.39, 0.29) is 11.8 Å². The van der Waals surface area contributed by atoms with Crippen LogP contribution >= 0.6 is 11.3 Å². The molecular weight excluding hydrogens is 321 g/mol. The van der Waals surface area contributed by atoms with Crippen LogP contribution in [0.25, 0.3) is 10.1 Å². The molecule has 0 unspecified atom stereocenters. The molecule has 0 aliphatic carbocycles. The summed E-state index contributed by atoms with van der Waals surface area (Å²) in [5.74, 6) is -1.22. The Morgan fingerprint density at radius 3 is 2.43 bits per heavy atom. The predicted octanol–water partition coefficient (Wildman–Crippen LogP) is 0.958. The van der Waals surface area contributed by atoms with E-state index >= 15 is 0 Å². The number of carbonyl (C=O) groups is 1. The van der Waals surface area contributed by atoms with Crippen LogP contribution in [0.5, 0.6) is 0 Å². The van der Waals surface area contributed by atoms with Crippen LogP contribution in [0.2, 0.25) is 0 Å². The molecule has 5 N–H and O–H groups in total. The summed E-state index contributed by atoms with van der Waals surface area (Å²) in [6.45, 7) is 0. The first-order valence-corrected chi connectivity index (χ1v) is 7.99. The molecule has 10 heteroatoms. The maximum absolute atomic E-state index is 13.3. The van der Waals surface area contributed by atoms with Gasteiger partial charge in [-0.1, -0.05) is 6.07 Å². The highest BCUT2D eigenvalue weighted by molar-refractivity contribution is 7.85. The van der Waals surface area contributed by atoms with Crippen LogP contribution in [0.4, 0.5) is 4.39 Å². The Labute approximate surface area is 123 Å². The quantitative estimate of drug-likeness (QED) is 0.404. The van der Waals surface area contributed by atoms with Crippen molar-refractivity contribution in [1.29, 1.82) is 0 Å². The molecular formula is C11H12FN3O4S2. The Morgan fingerprint density at radius 1 is 1.38 bits per heavy atom. The summed E-state index contributed by atoms with van der Waals surface area (Å²) in [5.41, 5.74) is 10.2. The maximum Gasteiger partial charge on any atom is 0.290 e. The van der Waals surface area contributed by atoms with Gasteiger partial charge in [-0.2, -0.15) is 13.4 Å². The topological polar surface area (TPSA) is 136 Å². The average Bonchev–Trinajstić information content (AvgIpc) is 2.71. The largest absolute Gasteiger partial charge is 0.370 e. The summed E-state index contributed by atoms with van der Waals surface area (Å²) in [6.07, 6.45) is 0.715. The number of nitrogens with two attached hydrogens (primary N) is 2. The van der Waals surface area contributed by atoms with Crippen molar-refractivity contribution in [3.8, 4) is 0 Å². The first-order chi connectivity index (χ1) is 9.58. The summed E-state index contributed by atoms with van der Waals surface area (Å²) >= 11 is 1.15. The Morgan fingerprint density at radius 2 is 1.95 bits per heavy atom. The van der Waals surface area contributed by atoms with E-state index in [1.807, 2.05) is 0 Å². The number of hydrogen-bond donors (Lipinski definition) is 3. The van der Waals surface area contributed by atoms with Crippen molar-refractivity contribution in [1.82, 2.24) is 0 Å². The summed E-state index contributed by atoms with van der Waals surface area (Å²) in [4.78, 5) is 15.2. The van der Waals surface area contributed by atoms with Gasteiger partial charge in [0.2, 0.25) is 0 Å². The molecule has 1 heterocycles. The number of halogens is 1. The van der Waals surface area contributed by atoms with Gasteiger partial charge in [0.1, 0.15) is 5.82 Å². The molecule has 114 valence electrons. The fourth-order valence-electron chi connectivity index (χ4n) is 1.30. The smallest absolute Gasteiger partial charge is 0.290 e. The van der Waals surface area contributed by atoms with Gasteiger partial charge < -0.3 is 11.5 Å². The van der Waals surface area contributed by atoms with Gasteiger partial charge in [0.25, 0.3) is 16.0 Å². The van der Waals surface area contributed by atoms with E-state index in [0.29, 0.717) is 21.2 Å². The number of amides is 1. The monoisotopic (exact) mass is 333 g/mol. The molecule has 0 saturated carbocycles. The molecule has 1 aromatic carbocycles. The Balaban J connectivity index is 0.000000383. The number of rotatable bonds is 1. The maximum atomic E-state index is 13.3. The number of carbonyl (C=O) groups excluding carboxylic acids is 1. The molecule has 0 aliphatic rings. The number of nitrogens with zero attached hydrogens (tertiary/aromatic N) is 1. The van der Waals surface area contributed by atoms with E-state index in [9.17, 15) is 17.6 Å². The van der Waals surface area contributed by atoms with E-state index in [4.69, 9.17) is 16.0 Å². The Bertz CT molecular complexity index is 787. The van der Waals surface area contributed by atoms with Crippen LogP contribution in [0, 0.1) is 5.82 Å². The summed E-state index contributed by atoms with van der Waals surface area (Å²) in [7, 11) is -3.67. The van der Waals surface area contributed by atoms with Gasteiger partial charge in [0.05, 0.1) is 11.1 Å². The van der Waals surface area contributed by atoms with Gasteiger partial charge in [-0.15, -0.1) is 11.3 Å². The SMILES string of the molecule is CS(=O)(=O)O.NC(N)=NC(=O)c1cc2c(F)cccc2s1. The van der Waals surface area contributed by atoms with Crippen molar-refractivity contribution in [3.05, 3.63) is 35.0 Å². The zero-order valence-electron chi connectivity index (χ0n) is 10.8. The summed E-state index contributed by atoms with van der Waals surface area (Å²) in [5, 5.41) is 0.404. The summed E-state index contributed by atoms with van der Waals surface area (Å²) in [6, 6.07) is 6.10. The molecule has 0 bridgehead atoms. The van der Waals surface area contributed by atoms with Gasteiger partial charge in [0, 0.05) is 10.1 Å². The van der Waals surface area contributed by atoms with Crippen molar-refractivity contribution in [2.24, 2.45) is 16.5 Å². The molecule has 2 rings (SSSR count). The van der Waals surface area contributed by atoms with Crippen molar-refractivity contribution in [3.63, 3.8) is 0 Å². The third-order valence-corrected chi connectivity index (χ3v) is 3.04. The highest BCUT2D eigenvalue weighted by atomic mass is 32.2. The van der Waals surface area contributed by atoms with Crippen molar-refractivity contribution < 1.29 is 22.2 Å². The van der Waals surface area contributed by atoms with Crippen molar-refractivity contribution in [2.45, 2.75) is 0 Å². The number of thiophene rings is 1. The van der Waals surface area contributed by atoms with Gasteiger partial charge >= 0.3 is 0 Å². The molecule has 0 spiro atoms. The number of aliphatic imine (C=N–C) groups is 1. The predicted molar refractivity (Wildman–Crippen MR) is 79.4 cm³/mol. The Kier molecular flexibility index (Phi) is 5.35. The van der Waals surface area contributed by atoms with E-state index in [2.05, 4.69) is 4.99 Å². The molecule has 7 nitrogen and oxygen atoms in total. The average molecular weight is 333 g/mol. The lowest BCUT2D eigenvalue weighted by Crippen LogP contribution is -2.24. The second kappa shape index (κ2) is 6.61.